The van der Waals surface area contributed by atoms with E-state index >= 15 is 0 Å². The number of nitrogens with zero attached hydrogens (tertiary/aromatic N) is 2. The second kappa shape index (κ2) is 4.77. The Morgan fingerprint density at radius 3 is 2.53 bits per heavy atom. The predicted molar refractivity (Wildman–Crippen MR) is 59.5 cm³/mol. The van der Waals surface area contributed by atoms with Gasteiger partial charge in [-0.05, 0) is 14.1 Å². The van der Waals surface area contributed by atoms with Crippen LogP contribution in [0.4, 0.5) is 4.79 Å². The first kappa shape index (κ1) is 14.2. The molecule has 1 heterocycles. The Morgan fingerprint density at radius 2 is 2.18 bits per heavy atom. The summed E-state index contributed by atoms with van der Waals surface area (Å²) in [5.74, 6) is 5.17. The summed E-state index contributed by atoms with van der Waals surface area (Å²) in [6.45, 7) is 0.181. The molecule has 2 N–H and O–H groups in total. The molecular formula is C8H17N3O5S. The lowest BCUT2D eigenvalue weighted by Gasteiger charge is -2.33. The standard InChI is InChI=1S/C8H17N3O5S/c1-10(2)4-8(6-17(13,14)15-3)5-16-7(12)11(8)9/h4-6,9H2,1-3H3. The van der Waals surface area contributed by atoms with Crippen LogP contribution in [0, 0.1) is 0 Å². The molecule has 1 aliphatic rings. The molecule has 0 aromatic heterocycles. The Hall–Kier alpha value is -0.900. The van der Waals surface area contributed by atoms with E-state index in [-0.39, 0.29) is 13.2 Å². The lowest BCUT2D eigenvalue weighted by Crippen LogP contribution is -2.60. The maximum Gasteiger partial charge on any atom is 0.424 e. The molecule has 1 saturated heterocycles. The summed E-state index contributed by atoms with van der Waals surface area (Å²) in [6.07, 6.45) is -0.738. The maximum absolute atomic E-state index is 11.5. The van der Waals surface area contributed by atoms with E-state index in [1.54, 1.807) is 19.0 Å². The van der Waals surface area contributed by atoms with Gasteiger partial charge in [0.2, 0.25) is 0 Å². The van der Waals surface area contributed by atoms with Crippen LogP contribution in [0.1, 0.15) is 0 Å². The van der Waals surface area contributed by atoms with Crippen LogP contribution in [0.5, 0.6) is 0 Å². The second-order valence-electron chi connectivity index (χ2n) is 4.26. The van der Waals surface area contributed by atoms with Crippen LogP contribution in [-0.2, 0) is 19.0 Å². The molecule has 1 amide bonds. The van der Waals surface area contributed by atoms with Crippen molar-refractivity contribution in [1.29, 1.82) is 0 Å². The highest BCUT2D eigenvalue weighted by Gasteiger charge is 2.49. The number of nitrogens with two attached hydrogens (primary N) is 1. The third kappa shape index (κ3) is 3.06. The SMILES string of the molecule is COS(=O)(=O)CC1(CN(C)C)COC(=O)N1N. The zero-order valence-corrected chi connectivity index (χ0v) is 10.9. The molecule has 0 aromatic rings. The minimum atomic E-state index is -3.74. The Morgan fingerprint density at radius 1 is 1.59 bits per heavy atom. The number of carbonyl (C=O) groups is 1. The summed E-state index contributed by atoms with van der Waals surface area (Å²) in [5, 5.41) is 0.823. The smallest absolute Gasteiger partial charge is 0.424 e. The number of rotatable bonds is 5. The van der Waals surface area contributed by atoms with Crippen LogP contribution in [0.2, 0.25) is 0 Å². The fraction of sp³-hybridized carbons (Fsp3) is 0.875. The quantitative estimate of drug-likeness (QED) is 0.371. The summed E-state index contributed by atoms with van der Waals surface area (Å²) in [6, 6.07) is 0. The minimum Gasteiger partial charge on any atom is -0.446 e. The van der Waals surface area contributed by atoms with Crippen molar-refractivity contribution in [2.45, 2.75) is 5.54 Å². The summed E-state index contributed by atoms with van der Waals surface area (Å²) in [7, 11) is 0.818. The molecule has 8 nitrogen and oxygen atoms in total. The molecule has 0 saturated carbocycles. The normalized spacial score (nSPS) is 25.5. The topological polar surface area (TPSA) is 102 Å². The first-order valence-electron chi connectivity index (χ1n) is 4.87. The van der Waals surface area contributed by atoms with Crippen molar-refractivity contribution in [2.75, 3.05) is 40.1 Å². The fourth-order valence-electron chi connectivity index (χ4n) is 1.78. The summed E-state index contributed by atoms with van der Waals surface area (Å²) < 4.78 is 32.2. The van der Waals surface area contributed by atoms with Crippen LogP contribution in [0.25, 0.3) is 0 Å². The largest absolute Gasteiger partial charge is 0.446 e. The van der Waals surface area contributed by atoms with Gasteiger partial charge in [-0.2, -0.15) is 8.42 Å². The molecule has 1 aliphatic heterocycles. The van der Waals surface area contributed by atoms with E-state index in [0.29, 0.717) is 0 Å². The van der Waals surface area contributed by atoms with E-state index in [9.17, 15) is 13.2 Å². The Bertz CT molecular complexity index is 396. The summed E-state index contributed by atoms with van der Waals surface area (Å²) in [5.41, 5.74) is -1.12. The second-order valence-corrected chi connectivity index (χ2v) is 5.99. The zero-order valence-electron chi connectivity index (χ0n) is 10.0. The fourth-order valence-corrected chi connectivity index (χ4v) is 2.87. The van der Waals surface area contributed by atoms with Crippen molar-refractivity contribution < 1.29 is 22.1 Å². The van der Waals surface area contributed by atoms with E-state index in [1.807, 2.05) is 0 Å². The Labute approximate surface area is 100 Å². The molecule has 100 valence electrons. The van der Waals surface area contributed by atoms with Crippen LogP contribution < -0.4 is 5.84 Å². The molecule has 1 unspecified atom stereocenters. The van der Waals surface area contributed by atoms with E-state index in [4.69, 9.17) is 10.6 Å². The highest BCUT2D eigenvalue weighted by Crippen LogP contribution is 2.24. The van der Waals surface area contributed by atoms with Gasteiger partial charge in [0.1, 0.15) is 17.9 Å². The van der Waals surface area contributed by atoms with Crippen molar-refractivity contribution in [2.24, 2.45) is 5.84 Å². The number of likely N-dealkylation sites (N-methyl/N-ethyl adjacent to an activating group) is 1. The van der Waals surface area contributed by atoms with Gasteiger partial charge in [0.25, 0.3) is 10.1 Å². The Balaban J connectivity index is 3.00. The van der Waals surface area contributed by atoms with Gasteiger partial charge in [0, 0.05) is 6.54 Å². The molecule has 1 atom stereocenters. The minimum absolute atomic E-state index is 0.0803. The number of ether oxygens (including phenoxy) is 1. The number of amides is 1. The monoisotopic (exact) mass is 267 g/mol. The van der Waals surface area contributed by atoms with Gasteiger partial charge in [-0.25, -0.2) is 15.6 Å². The van der Waals surface area contributed by atoms with E-state index in [0.717, 1.165) is 12.1 Å². The molecule has 9 heteroatoms. The van der Waals surface area contributed by atoms with Crippen molar-refractivity contribution >= 4 is 16.2 Å². The molecule has 0 radical (unpaired) electrons. The number of hydrogen-bond donors (Lipinski definition) is 1. The van der Waals surface area contributed by atoms with Crippen molar-refractivity contribution in [3.05, 3.63) is 0 Å². The van der Waals surface area contributed by atoms with Crippen molar-refractivity contribution in [3.63, 3.8) is 0 Å². The molecule has 1 fully saturated rings. The molecule has 17 heavy (non-hydrogen) atoms. The first-order chi connectivity index (χ1) is 7.72. The maximum atomic E-state index is 11.5. The average Bonchev–Trinajstić information content (AvgIpc) is 2.46. The number of hydrogen-bond acceptors (Lipinski definition) is 7. The van der Waals surface area contributed by atoms with Gasteiger partial charge in [-0.1, -0.05) is 0 Å². The number of carbonyl (C=O) groups excluding carboxylic acids is 1. The third-order valence-corrected chi connectivity index (χ3v) is 3.88. The highest BCUT2D eigenvalue weighted by molar-refractivity contribution is 7.86. The number of cyclic esters (lactones) is 1. The van der Waals surface area contributed by atoms with Gasteiger partial charge in [0.05, 0.1) is 7.11 Å². The van der Waals surface area contributed by atoms with Crippen molar-refractivity contribution in [3.8, 4) is 0 Å². The molecule has 0 bridgehead atoms. The van der Waals surface area contributed by atoms with Gasteiger partial charge >= 0.3 is 6.09 Å². The molecule has 0 aromatic carbocycles. The van der Waals surface area contributed by atoms with Crippen LogP contribution >= 0.6 is 0 Å². The highest BCUT2D eigenvalue weighted by atomic mass is 32.2. The Kier molecular flexibility index (Phi) is 3.97. The summed E-state index contributed by atoms with van der Waals surface area (Å²) >= 11 is 0. The van der Waals surface area contributed by atoms with E-state index in [2.05, 4.69) is 4.18 Å². The van der Waals surface area contributed by atoms with E-state index in [1.165, 1.54) is 0 Å². The lowest BCUT2D eigenvalue weighted by molar-refractivity contribution is 0.140. The van der Waals surface area contributed by atoms with Gasteiger partial charge < -0.3 is 9.64 Å². The zero-order chi connectivity index (χ0) is 13.3. The van der Waals surface area contributed by atoms with Gasteiger partial charge in [-0.15, -0.1) is 0 Å². The van der Waals surface area contributed by atoms with Crippen LogP contribution in [0.15, 0.2) is 0 Å². The molecular weight excluding hydrogens is 250 g/mol. The first-order valence-corrected chi connectivity index (χ1v) is 6.45. The van der Waals surface area contributed by atoms with Crippen molar-refractivity contribution in [1.82, 2.24) is 9.91 Å². The third-order valence-electron chi connectivity index (χ3n) is 2.48. The summed E-state index contributed by atoms with van der Waals surface area (Å²) in [4.78, 5) is 13.0. The predicted octanol–water partition coefficient (Wildman–Crippen LogP) is -1.41. The van der Waals surface area contributed by atoms with Crippen LogP contribution in [-0.4, -0.2) is 70.1 Å². The average molecular weight is 267 g/mol. The van der Waals surface area contributed by atoms with Gasteiger partial charge in [0.15, 0.2) is 0 Å². The molecule has 0 spiro atoms. The molecule has 1 rings (SSSR count). The van der Waals surface area contributed by atoms with E-state index < -0.39 is 27.5 Å². The van der Waals surface area contributed by atoms with Gasteiger partial charge in [-0.3, -0.25) is 4.18 Å². The lowest BCUT2D eigenvalue weighted by atomic mass is 10.0. The number of hydrazine groups is 1. The van der Waals surface area contributed by atoms with Crippen LogP contribution in [0.3, 0.4) is 0 Å². The molecule has 0 aliphatic carbocycles.